The maximum absolute atomic E-state index is 12.5. The van der Waals surface area contributed by atoms with E-state index in [2.05, 4.69) is 21.8 Å². The smallest absolute Gasteiger partial charge is 0.237 e. The van der Waals surface area contributed by atoms with Crippen molar-refractivity contribution in [3.63, 3.8) is 0 Å². The van der Waals surface area contributed by atoms with Gasteiger partial charge in [-0.05, 0) is 33.5 Å². The van der Waals surface area contributed by atoms with E-state index in [0.717, 1.165) is 45.0 Å². The summed E-state index contributed by atoms with van der Waals surface area (Å²) in [5.74, 6) is 1.13. The van der Waals surface area contributed by atoms with Crippen molar-refractivity contribution in [1.29, 1.82) is 0 Å². The van der Waals surface area contributed by atoms with Gasteiger partial charge in [-0.25, -0.2) is 4.98 Å². The molecule has 0 spiro atoms. The zero-order valence-corrected chi connectivity index (χ0v) is 13.5. The van der Waals surface area contributed by atoms with Crippen molar-refractivity contribution in [3.8, 4) is 0 Å². The molecule has 1 fully saturated rings. The molecule has 2 rings (SSSR count). The highest BCUT2D eigenvalue weighted by atomic mass is 16.2. The number of imidazole rings is 1. The van der Waals surface area contributed by atoms with Gasteiger partial charge in [-0.1, -0.05) is 0 Å². The molecule has 1 aromatic rings. The first-order valence-corrected chi connectivity index (χ1v) is 7.75. The van der Waals surface area contributed by atoms with Crippen LogP contribution in [0.25, 0.3) is 0 Å². The number of aryl methyl sites for hydroxylation is 1. The molecule has 0 radical (unpaired) electrons. The Hall–Kier alpha value is -1.40. The Morgan fingerprint density at radius 1 is 1.29 bits per heavy atom. The van der Waals surface area contributed by atoms with Crippen molar-refractivity contribution >= 4 is 5.91 Å². The number of likely N-dealkylation sites (N-methyl/N-ethyl adjacent to an activating group) is 2. The lowest BCUT2D eigenvalue weighted by molar-refractivity contribution is -0.132. The van der Waals surface area contributed by atoms with Crippen molar-refractivity contribution in [1.82, 2.24) is 24.3 Å². The summed E-state index contributed by atoms with van der Waals surface area (Å²) in [4.78, 5) is 23.3. The number of hydrogen-bond acceptors (Lipinski definition) is 4. The van der Waals surface area contributed by atoms with Gasteiger partial charge in [0.05, 0.1) is 13.1 Å². The van der Waals surface area contributed by atoms with Gasteiger partial charge in [0, 0.05) is 39.1 Å². The summed E-state index contributed by atoms with van der Waals surface area (Å²) in [5.41, 5.74) is 0. The quantitative estimate of drug-likeness (QED) is 0.788. The predicted octanol–water partition coefficient (Wildman–Crippen LogP) is 0.406. The first-order chi connectivity index (χ1) is 10.1. The Bertz CT molecular complexity index is 459. The van der Waals surface area contributed by atoms with E-state index in [4.69, 9.17) is 0 Å². The van der Waals surface area contributed by atoms with Gasteiger partial charge in [0.1, 0.15) is 5.82 Å². The topological polar surface area (TPSA) is 44.6 Å². The van der Waals surface area contributed by atoms with Gasteiger partial charge in [0.25, 0.3) is 0 Å². The predicted molar refractivity (Wildman–Crippen MR) is 82.9 cm³/mol. The molecule has 1 amide bonds. The van der Waals surface area contributed by atoms with Crippen LogP contribution in [-0.2, 0) is 18.4 Å². The molecule has 6 nitrogen and oxygen atoms in total. The summed E-state index contributed by atoms with van der Waals surface area (Å²) in [6.07, 6.45) is 4.83. The molecule has 1 saturated heterocycles. The highest BCUT2D eigenvalue weighted by molar-refractivity contribution is 5.78. The van der Waals surface area contributed by atoms with Crippen molar-refractivity contribution in [2.75, 3.05) is 46.3 Å². The molecule has 0 bridgehead atoms. The minimum absolute atomic E-state index is 0.199. The summed E-state index contributed by atoms with van der Waals surface area (Å²) in [6.45, 7) is 8.00. The van der Waals surface area contributed by atoms with Crippen LogP contribution in [0.2, 0.25) is 0 Å². The normalized spacial score (nSPS) is 17.7. The summed E-state index contributed by atoms with van der Waals surface area (Å²) < 4.78 is 1.97. The van der Waals surface area contributed by atoms with Gasteiger partial charge >= 0.3 is 0 Å². The van der Waals surface area contributed by atoms with Crippen molar-refractivity contribution in [2.45, 2.75) is 19.9 Å². The van der Waals surface area contributed by atoms with Crippen molar-refractivity contribution in [2.24, 2.45) is 7.05 Å². The Morgan fingerprint density at radius 3 is 2.76 bits per heavy atom. The van der Waals surface area contributed by atoms with Gasteiger partial charge < -0.3 is 14.4 Å². The van der Waals surface area contributed by atoms with Crippen LogP contribution in [0.1, 0.15) is 19.2 Å². The number of carbonyl (C=O) groups is 1. The minimum atomic E-state index is 0.199. The first-order valence-electron chi connectivity index (χ1n) is 7.75. The third kappa shape index (κ3) is 4.54. The van der Waals surface area contributed by atoms with Gasteiger partial charge in [-0.3, -0.25) is 9.69 Å². The fourth-order valence-electron chi connectivity index (χ4n) is 2.65. The molecule has 0 unspecified atom stereocenters. The van der Waals surface area contributed by atoms with E-state index in [1.54, 1.807) is 6.20 Å². The van der Waals surface area contributed by atoms with Gasteiger partial charge in [-0.15, -0.1) is 0 Å². The molecule has 0 atom stereocenters. The summed E-state index contributed by atoms with van der Waals surface area (Å²) in [5, 5.41) is 0. The average molecular weight is 293 g/mol. The number of amides is 1. The summed E-state index contributed by atoms with van der Waals surface area (Å²) in [7, 11) is 4.11. The lowest BCUT2D eigenvalue weighted by Crippen LogP contribution is -2.41. The van der Waals surface area contributed by atoms with Crippen LogP contribution >= 0.6 is 0 Å². The van der Waals surface area contributed by atoms with E-state index >= 15 is 0 Å². The Morgan fingerprint density at radius 2 is 2.10 bits per heavy atom. The fourth-order valence-corrected chi connectivity index (χ4v) is 2.65. The van der Waals surface area contributed by atoms with E-state index in [1.807, 2.05) is 29.6 Å². The largest absolute Gasteiger partial charge is 0.337 e. The molecule has 118 valence electrons. The molecule has 6 heteroatoms. The Balaban J connectivity index is 1.89. The van der Waals surface area contributed by atoms with E-state index in [0.29, 0.717) is 13.1 Å². The molecule has 0 N–H and O–H groups in total. The number of hydrogen-bond donors (Lipinski definition) is 0. The Kier molecular flexibility index (Phi) is 5.76. The van der Waals surface area contributed by atoms with Crippen LogP contribution in [-0.4, -0.2) is 76.5 Å². The maximum Gasteiger partial charge on any atom is 0.237 e. The molecule has 2 heterocycles. The fraction of sp³-hybridized carbons (Fsp3) is 0.733. The standard InChI is InChI=1S/C15H27N5O/c1-4-20(12-14-16-6-9-18(14)3)15(21)13-19-8-5-7-17(2)10-11-19/h6,9H,4-5,7-8,10-13H2,1-3H3. The number of nitrogens with zero attached hydrogens (tertiary/aromatic N) is 5. The van der Waals surface area contributed by atoms with Crippen LogP contribution in [0.5, 0.6) is 0 Å². The highest BCUT2D eigenvalue weighted by Crippen LogP contribution is 2.05. The van der Waals surface area contributed by atoms with Crippen molar-refractivity contribution in [3.05, 3.63) is 18.2 Å². The number of aromatic nitrogens is 2. The van der Waals surface area contributed by atoms with Crippen LogP contribution in [0.3, 0.4) is 0 Å². The molecule has 1 aliphatic rings. The van der Waals surface area contributed by atoms with Gasteiger partial charge in [0.15, 0.2) is 0 Å². The summed E-state index contributed by atoms with van der Waals surface area (Å²) in [6, 6.07) is 0. The van der Waals surface area contributed by atoms with Gasteiger partial charge in [0.2, 0.25) is 5.91 Å². The molecular formula is C15H27N5O. The van der Waals surface area contributed by atoms with E-state index in [9.17, 15) is 4.79 Å². The zero-order chi connectivity index (χ0) is 15.2. The monoisotopic (exact) mass is 293 g/mol. The maximum atomic E-state index is 12.5. The lowest BCUT2D eigenvalue weighted by Gasteiger charge is -2.25. The minimum Gasteiger partial charge on any atom is -0.337 e. The second-order valence-corrected chi connectivity index (χ2v) is 5.80. The van der Waals surface area contributed by atoms with E-state index < -0.39 is 0 Å². The molecule has 1 aliphatic heterocycles. The molecule has 21 heavy (non-hydrogen) atoms. The third-order valence-electron chi connectivity index (χ3n) is 4.16. The second-order valence-electron chi connectivity index (χ2n) is 5.80. The van der Waals surface area contributed by atoms with E-state index in [1.165, 1.54) is 0 Å². The number of carbonyl (C=O) groups excluding carboxylic acids is 1. The summed E-state index contributed by atoms with van der Waals surface area (Å²) >= 11 is 0. The van der Waals surface area contributed by atoms with Crippen molar-refractivity contribution < 1.29 is 4.79 Å². The average Bonchev–Trinajstić information content (AvgIpc) is 2.75. The second kappa shape index (κ2) is 7.56. The lowest BCUT2D eigenvalue weighted by atomic mass is 10.3. The first kappa shape index (κ1) is 16.0. The van der Waals surface area contributed by atoms with E-state index in [-0.39, 0.29) is 5.91 Å². The van der Waals surface area contributed by atoms with Gasteiger partial charge in [-0.2, -0.15) is 0 Å². The van der Waals surface area contributed by atoms with Crippen LogP contribution < -0.4 is 0 Å². The zero-order valence-electron chi connectivity index (χ0n) is 13.5. The van der Waals surface area contributed by atoms with Crippen LogP contribution in [0, 0.1) is 0 Å². The molecular weight excluding hydrogens is 266 g/mol. The molecule has 1 aromatic heterocycles. The highest BCUT2D eigenvalue weighted by Gasteiger charge is 2.19. The SMILES string of the molecule is CCN(Cc1nccn1C)C(=O)CN1CCCN(C)CC1. The Labute approximate surface area is 127 Å². The molecule has 0 aliphatic carbocycles. The molecule has 0 aromatic carbocycles. The van der Waals surface area contributed by atoms with Crippen LogP contribution in [0.15, 0.2) is 12.4 Å². The van der Waals surface area contributed by atoms with Crippen LogP contribution in [0.4, 0.5) is 0 Å². The number of rotatable bonds is 5. The molecule has 0 saturated carbocycles. The third-order valence-corrected chi connectivity index (χ3v) is 4.16.